The van der Waals surface area contributed by atoms with E-state index in [1.165, 1.54) is 0 Å². The first-order valence-corrected chi connectivity index (χ1v) is 11.8. The number of carbonyl (C=O) groups is 2. The summed E-state index contributed by atoms with van der Waals surface area (Å²) in [6.45, 7) is 9.24. The van der Waals surface area contributed by atoms with E-state index in [0.29, 0.717) is 38.4 Å². The Bertz CT molecular complexity index is 1020. The second-order valence-electron chi connectivity index (χ2n) is 8.84. The van der Waals surface area contributed by atoms with E-state index >= 15 is 0 Å². The molecule has 2 heterocycles. The monoisotopic (exact) mass is 451 g/mol. The van der Waals surface area contributed by atoms with Crippen molar-refractivity contribution >= 4 is 17.5 Å². The van der Waals surface area contributed by atoms with E-state index in [-0.39, 0.29) is 17.9 Å². The SMILES string of the molecule is CCN(Cc1ccc2c(c1)OCCO2)C(=O)CN1CCCc2c(C(=O)NC(C)C)cccc21. The Morgan fingerprint density at radius 2 is 1.91 bits per heavy atom. The van der Waals surface area contributed by atoms with Gasteiger partial charge in [0.15, 0.2) is 11.5 Å². The van der Waals surface area contributed by atoms with Crippen molar-refractivity contribution < 1.29 is 19.1 Å². The van der Waals surface area contributed by atoms with E-state index < -0.39 is 0 Å². The maximum absolute atomic E-state index is 13.3. The molecule has 2 aromatic carbocycles. The number of anilines is 1. The van der Waals surface area contributed by atoms with Gasteiger partial charge in [0, 0.05) is 36.9 Å². The molecular weight excluding hydrogens is 418 g/mol. The number of rotatable bonds is 7. The number of amides is 2. The molecule has 4 rings (SSSR count). The third-order valence-corrected chi connectivity index (χ3v) is 6.05. The van der Waals surface area contributed by atoms with Gasteiger partial charge in [-0.25, -0.2) is 0 Å². The number of likely N-dealkylation sites (N-methyl/N-ethyl adjacent to an activating group) is 1. The van der Waals surface area contributed by atoms with E-state index in [0.717, 1.165) is 47.7 Å². The lowest BCUT2D eigenvalue weighted by Crippen LogP contribution is -2.42. The number of carbonyl (C=O) groups excluding carboxylic acids is 2. The van der Waals surface area contributed by atoms with Crippen molar-refractivity contribution in [1.82, 2.24) is 10.2 Å². The van der Waals surface area contributed by atoms with Crippen LogP contribution in [0.4, 0.5) is 5.69 Å². The van der Waals surface area contributed by atoms with Crippen LogP contribution in [0, 0.1) is 0 Å². The lowest BCUT2D eigenvalue weighted by Gasteiger charge is -2.33. The molecule has 33 heavy (non-hydrogen) atoms. The zero-order chi connectivity index (χ0) is 23.4. The van der Waals surface area contributed by atoms with Crippen molar-refractivity contribution in [3.63, 3.8) is 0 Å². The van der Waals surface area contributed by atoms with Gasteiger partial charge in [-0.05, 0) is 69.0 Å². The molecule has 7 nitrogen and oxygen atoms in total. The lowest BCUT2D eigenvalue weighted by molar-refractivity contribution is -0.130. The summed E-state index contributed by atoms with van der Waals surface area (Å²) in [5.74, 6) is 1.50. The summed E-state index contributed by atoms with van der Waals surface area (Å²) < 4.78 is 11.3. The van der Waals surface area contributed by atoms with E-state index in [1.807, 2.05) is 62.1 Å². The third kappa shape index (κ3) is 5.24. The van der Waals surface area contributed by atoms with Gasteiger partial charge >= 0.3 is 0 Å². The van der Waals surface area contributed by atoms with Gasteiger partial charge in [-0.3, -0.25) is 9.59 Å². The van der Waals surface area contributed by atoms with Crippen molar-refractivity contribution in [2.24, 2.45) is 0 Å². The number of nitrogens with zero attached hydrogens (tertiary/aromatic N) is 2. The van der Waals surface area contributed by atoms with Crippen LogP contribution in [0.25, 0.3) is 0 Å². The molecule has 176 valence electrons. The van der Waals surface area contributed by atoms with Gasteiger partial charge in [-0.15, -0.1) is 0 Å². The maximum Gasteiger partial charge on any atom is 0.251 e. The standard InChI is InChI=1S/C26H33N3O4/c1-4-28(16-19-10-11-23-24(15-19)33-14-13-32-23)25(30)17-29-12-6-8-20-21(7-5-9-22(20)29)26(31)27-18(2)3/h5,7,9-11,15,18H,4,6,8,12-14,16-17H2,1-3H3,(H,27,31). The predicted octanol–water partition coefficient (Wildman–Crippen LogP) is 3.40. The average Bonchev–Trinajstić information content (AvgIpc) is 2.81. The summed E-state index contributed by atoms with van der Waals surface area (Å²) in [4.78, 5) is 29.9. The van der Waals surface area contributed by atoms with Crippen LogP contribution in [0.5, 0.6) is 11.5 Å². The Kier molecular flexibility index (Phi) is 7.06. The van der Waals surface area contributed by atoms with Crippen LogP contribution in [-0.2, 0) is 17.8 Å². The number of benzene rings is 2. The topological polar surface area (TPSA) is 71.1 Å². The summed E-state index contributed by atoms with van der Waals surface area (Å²) in [5.41, 5.74) is 3.74. The van der Waals surface area contributed by atoms with Crippen LogP contribution in [-0.4, -0.2) is 55.6 Å². The highest BCUT2D eigenvalue weighted by Gasteiger charge is 2.25. The van der Waals surface area contributed by atoms with Crippen molar-refractivity contribution in [1.29, 1.82) is 0 Å². The Hall–Kier alpha value is -3.22. The van der Waals surface area contributed by atoms with Crippen molar-refractivity contribution in [2.45, 2.75) is 46.2 Å². The highest BCUT2D eigenvalue weighted by atomic mass is 16.6. The van der Waals surface area contributed by atoms with Gasteiger partial charge in [0.1, 0.15) is 13.2 Å². The summed E-state index contributed by atoms with van der Waals surface area (Å²) in [6.07, 6.45) is 1.76. The Balaban J connectivity index is 1.47. The first-order valence-electron chi connectivity index (χ1n) is 11.8. The largest absolute Gasteiger partial charge is 0.486 e. The van der Waals surface area contributed by atoms with Crippen molar-refractivity contribution in [3.05, 3.63) is 53.1 Å². The van der Waals surface area contributed by atoms with Gasteiger partial charge in [-0.2, -0.15) is 0 Å². The molecule has 0 atom stereocenters. The van der Waals surface area contributed by atoms with Gasteiger partial charge in [-0.1, -0.05) is 12.1 Å². The first kappa shape index (κ1) is 23.0. The molecule has 0 spiro atoms. The van der Waals surface area contributed by atoms with E-state index in [1.54, 1.807) is 0 Å². The Morgan fingerprint density at radius 3 is 2.67 bits per heavy atom. The first-order chi connectivity index (χ1) is 16.0. The molecule has 0 aliphatic carbocycles. The number of fused-ring (bicyclic) bond motifs is 2. The van der Waals surface area contributed by atoms with E-state index in [9.17, 15) is 9.59 Å². The molecule has 0 radical (unpaired) electrons. The molecule has 7 heteroatoms. The quantitative estimate of drug-likeness (QED) is 0.699. The Morgan fingerprint density at radius 1 is 1.12 bits per heavy atom. The average molecular weight is 452 g/mol. The number of nitrogens with one attached hydrogen (secondary N) is 1. The van der Waals surface area contributed by atoms with Gasteiger partial charge < -0.3 is 24.6 Å². The normalized spacial score (nSPS) is 14.6. The van der Waals surface area contributed by atoms with Crippen LogP contribution in [0.15, 0.2) is 36.4 Å². The lowest BCUT2D eigenvalue weighted by atomic mass is 9.95. The minimum absolute atomic E-state index is 0.0520. The second kappa shape index (κ2) is 10.1. The third-order valence-electron chi connectivity index (χ3n) is 6.05. The maximum atomic E-state index is 13.3. The number of hydrogen-bond donors (Lipinski definition) is 1. The highest BCUT2D eigenvalue weighted by Crippen LogP contribution is 2.32. The molecule has 0 fully saturated rings. The second-order valence-corrected chi connectivity index (χ2v) is 8.84. The van der Waals surface area contributed by atoms with Crippen LogP contribution >= 0.6 is 0 Å². The van der Waals surface area contributed by atoms with Crippen molar-refractivity contribution in [3.8, 4) is 11.5 Å². The zero-order valence-corrected chi connectivity index (χ0v) is 19.7. The fourth-order valence-electron chi connectivity index (χ4n) is 4.46. The highest BCUT2D eigenvalue weighted by molar-refractivity contribution is 5.97. The molecule has 0 saturated heterocycles. The van der Waals surface area contributed by atoms with Gasteiger partial charge in [0.25, 0.3) is 5.91 Å². The van der Waals surface area contributed by atoms with Crippen LogP contribution < -0.4 is 19.7 Å². The van der Waals surface area contributed by atoms with E-state index in [4.69, 9.17) is 9.47 Å². The molecule has 0 bridgehead atoms. The summed E-state index contributed by atoms with van der Waals surface area (Å²) in [6, 6.07) is 11.7. The molecule has 0 aromatic heterocycles. The molecule has 1 N–H and O–H groups in total. The van der Waals surface area contributed by atoms with Gasteiger partial charge in [0.2, 0.25) is 5.91 Å². The van der Waals surface area contributed by atoms with Crippen molar-refractivity contribution in [2.75, 3.05) is 37.7 Å². The van der Waals surface area contributed by atoms with Crippen LogP contribution in [0.1, 0.15) is 48.7 Å². The summed E-state index contributed by atoms with van der Waals surface area (Å²) in [5, 5.41) is 2.99. The van der Waals surface area contributed by atoms with Gasteiger partial charge in [0.05, 0.1) is 6.54 Å². The smallest absolute Gasteiger partial charge is 0.251 e. The molecule has 0 unspecified atom stereocenters. The molecule has 2 aliphatic heterocycles. The van der Waals surface area contributed by atoms with Crippen LogP contribution in [0.3, 0.4) is 0 Å². The predicted molar refractivity (Wildman–Crippen MR) is 128 cm³/mol. The number of ether oxygens (including phenoxy) is 2. The fourth-order valence-corrected chi connectivity index (χ4v) is 4.46. The summed E-state index contributed by atoms with van der Waals surface area (Å²) in [7, 11) is 0. The van der Waals surface area contributed by atoms with Crippen LogP contribution in [0.2, 0.25) is 0 Å². The summed E-state index contributed by atoms with van der Waals surface area (Å²) >= 11 is 0. The fraction of sp³-hybridized carbons (Fsp3) is 0.462. The molecule has 2 aromatic rings. The number of hydrogen-bond acceptors (Lipinski definition) is 5. The van der Waals surface area contributed by atoms with E-state index in [2.05, 4.69) is 10.2 Å². The molecule has 2 aliphatic rings. The Labute approximate surface area is 195 Å². The minimum atomic E-state index is -0.0520. The zero-order valence-electron chi connectivity index (χ0n) is 19.7. The molecular formula is C26H33N3O4. The molecule has 0 saturated carbocycles. The minimum Gasteiger partial charge on any atom is -0.486 e. The molecule has 2 amide bonds.